The van der Waals surface area contributed by atoms with Gasteiger partial charge < -0.3 is 19.9 Å². The summed E-state index contributed by atoms with van der Waals surface area (Å²) in [6.07, 6.45) is 6.43. The van der Waals surface area contributed by atoms with E-state index in [9.17, 15) is 4.79 Å². The first-order valence-electron chi connectivity index (χ1n) is 14.0. The van der Waals surface area contributed by atoms with Gasteiger partial charge in [-0.25, -0.2) is 4.98 Å². The normalized spacial score (nSPS) is 19.9. The molecule has 3 aromatic rings. The number of halogens is 1. The molecule has 2 fully saturated rings. The van der Waals surface area contributed by atoms with Crippen LogP contribution in [0.25, 0.3) is 0 Å². The lowest BCUT2D eigenvalue weighted by Crippen LogP contribution is -2.49. The van der Waals surface area contributed by atoms with Crippen molar-refractivity contribution in [2.75, 3.05) is 26.2 Å². The highest BCUT2D eigenvalue weighted by atomic mass is 35.5. The average molecular weight is 561 g/mol. The van der Waals surface area contributed by atoms with E-state index in [4.69, 9.17) is 21.3 Å². The topological polar surface area (TPSA) is 83.0 Å². The third-order valence-corrected chi connectivity index (χ3v) is 8.13. The van der Waals surface area contributed by atoms with Gasteiger partial charge in [-0.3, -0.25) is 9.78 Å². The fourth-order valence-electron chi connectivity index (χ4n) is 5.80. The van der Waals surface area contributed by atoms with Crippen molar-refractivity contribution in [3.63, 3.8) is 0 Å². The van der Waals surface area contributed by atoms with Gasteiger partial charge in [-0.15, -0.1) is 0 Å². The van der Waals surface area contributed by atoms with Gasteiger partial charge in [0.1, 0.15) is 11.8 Å². The number of hydrogen-bond donors (Lipinski definition) is 1. The van der Waals surface area contributed by atoms with Crippen LogP contribution in [0.4, 0.5) is 5.69 Å². The van der Waals surface area contributed by atoms with Gasteiger partial charge in [-0.05, 0) is 69.4 Å². The summed E-state index contributed by atoms with van der Waals surface area (Å²) in [4.78, 5) is 31.0. The van der Waals surface area contributed by atoms with E-state index in [0.717, 1.165) is 43.6 Å². The number of hydrogen-bond acceptors (Lipinski definition) is 6. The maximum absolute atomic E-state index is 12.8. The minimum Gasteiger partial charge on any atom is -0.462 e. The quantitative estimate of drug-likeness (QED) is 0.367. The Bertz CT molecular complexity index is 1310. The number of pyridine rings is 2. The average Bonchev–Trinajstić information content (AvgIpc) is 3.37. The Balaban J connectivity index is 1.19. The SMILES string of the molecule is Cc1cc(Cl)nc(C)c1C(=O)NCCC(C)N1CCC(N2/C(=N/c3cccnc3)OC[C@H]2c2ccccc2)CC1. The third kappa shape index (κ3) is 6.45. The number of rotatable bonds is 8. The molecule has 0 aliphatic carbocycles. The van der Waals surface area contributed by atoms with Crippen molar-refractivity contribution in [2.45, 2.75) is 58.2 Å². The van der Waals surface area contributed by atoms with Crippen molar-refractivity contribution in [1.82, 2.24) is 25.1 Å². The van der Waals surface area contributed by atoms with E-state index in [1.807, 2.05) is 32.0 Å². The van der Waals surface area contributed by atoms with Crippen LogP contribution >= 0.6 is 11.6 Å². The molecule has 2 atom stereocenters. The number of piperidine rings is 1. The number of likely N-dealkylation sites (tertiary alicyclic amines) is 1. The Kier molecular flexibility index (Phi) is 8.97. The third-order valence-electron chi connectivity index (χ3n) is 7.94. The van der Waals surface area contributed by atoms with Crippen molar-refractivity contribution < 1.29 is 9.53 Å². The first-order valence-corrected chi connectivity index (χ1v) is 14.4. The fraction of sp³-hybridized carbons (Fsp3) is 0.419. The minimum atomic E-state index is -0.0912. The molecule has 4 heterocycles. The summed E-state index contributed by atoms with van der Waals surface area (Å²) in [5, 5.41) is 3.49. The van der Waals surface area contributed by atoms with Crippen LogP contribution in [0.15, 0.2) is 65.9 Å². The van der Waals surface area contributed by atoms with Crippen molar-refractivity contribution in [3.05, 3.63) is 88.5 Å². The van der Waals surface area contributed by atoms with E-state index >= 15 is 0 Å². The van der Waals surface area contributed by atoms with Crippen LogP contribution in [0.1, 0.15) is 59.4 Å². The van der Waals surface area contributed by atoms with Gasteiger partial charge in [0.05, 0.1) is 29.2 Å². The van der Waals surface area contributed by atoms with Gasteiger partial charge in [0.15, 0.2) is 0 Å². The second-order valence-corrected chi connectivity index (χ2v) is 11.0. The van der Waals surface area contributed by atoms with Crippen LogP contribution in [0, 0.1) is 13.8 Å². The molecule has 9 heteroatoms. The summed E-state index contributed by atoms with van der Waals surface area (Å²) in [6.45, 7) is 9.12. The van der Waals surface area contributed by atoms with Gasteiger partial charge >= 0.3 is 0 Å². The molecule has 1 N–H and O–H groups in total. The zero-order valence-corrected chi connectivity index (χ0v) is 24.1. The number of ether oxygens (including phenoxy) is 1. The van der Waals surface area contributed by atoms with E-state index in [-0.39, 0.29) is 11.9 Å². The maximum atomic E-state index is 12.8. The van der Waals surface area contributed by atoms with Crippen LogP contribution in [0.5, 0.6) is 0 Å². The summed E-state index contributed by atoms with van der Waals surface area (Å²) in [6, 6.07) is 17.6. The minimum absolute atomic E-state index is 0.0912. The van der Waals surface area contributed by atoms with Crippen LogP contribution in [0.2, 0.25) is 5.15 Å². The molecule has 5 rings (SSSR count). The Labute approximate surface area is 241 Å². The van der Waals surface area contributed by atoms with Crippen LogP contribution in [-0.4, -0.2) is 70.0 Å². The van der Waals surface area contributed by atoms with E-state index in [1.54, 1.807) is 18.5 Å². The number of aromatic nitrogens is 2. The van der Waals surface area contributed by atoms with Crippen LogP contribution in [0.3, 0.4) is 0 Å². The standard InChI is InChI=1S/C31H37ClN6O2/c1-21-18-28(32)35-23(3)29(21)30(39)34-15-11-22(2)37-16-12-26(13-17-37)38-27(24-8-5-4-6-9-24)20-40-31(38)36-25-10-7-14-33-19-25/h4-10,14,18-19,22,26-27H,11-13,15-17,20H2,1-3H3,(H,34,39)/b36-31-/t22?,27-/m0/s1. The van der Waals surface area contributed by atoms with Gasteiger partial charge in [-0.1, -0.05) is 41.9 Å². The van der Waals surface area contributed by atoms with Gasteiger partial charge in [0.25, 0.3) is 11.9 Å². The summed E-state index contributed by atoms with van der Waals surface area (Å²) in [5.41, 5.74) is 4.15. The molecule has 0 radical (unpaired) electrons. The number of amides is 1. The molecule has 0 spiro atoms. The molecular weight excluding hydrogens is 524 g/mol. The second-order valence-electron chi connectivity index (χ2n) is 10.6. The van der Waals surface area contributed by atoms with Crippen LogP contribution < -0.4 is 5.32 Å². The molecule has 1 aromatic carbocycles. The lowest BCUT2D eigenvalue weighted by Gasteiger charge is -2.41. The summed E-state index contributed by atoms with van der Waals surface area (Å²) in [7, 11) is 0. The molecule has 2 aliphatic heterocycles. The summed E-state index contributed by atoms with van der Waals surface area (Å²) in [5.74, 6) is -0.0912. The monoisotopic (exact) mass is 560 g/mol. The van der Waals surface area contributed by atoms with Gasteiger partial charge in [0.2, 0.25) is 0 Å². The van der Waals surface area contributed by atoms with Gasteiger partial charge in [0, 0.05) is 37.9 Å². The smallest absolute Gasteiger partial charge is 0.293 e. The zero-order chi connectivity index (χ0) is 28.1. The first kappa shape index (κ1) is 28.1. The van der Waals surface area contributed by atoms with Crippen molar-refractivity contribution in [2.24, 2.45) is 4.99 Å². The van der Waals surface area contributed by atoms with Crippen molar-refractivity contribution in [3.8, 4) is 0 Å². The summed E-state index contributed by atoms with van der Waals surface area (Å²) >= 11 is 6.03. The highest BCUT2D eigenvalue weighted by Crippen LogP contribution is 2.34. The molecule has 2 saturated heterocycles. The lowest BCUT2D eigenvalue weighted by molar-refractivity contribution is 0.0930. The number of nitrogens with zero attached hydrogens (tertiary/aromatic N) is 5. The number of carbonyl (C=O) groups excluding carboxylic acids is 1. The number of nitrogens with one attached hydrogen (secondary N) is 1. The van der Waals surface area contributed by atoms with E-state index in [1.165, 1.54) is 5.56 Å². The molecular formula is C31H37ClN6O2. The number of amidine groups is 1. The Hall–Kier alpha value is -3.49. The first-order chi connectivity index (χ1) is 19.4. The highest BCUT2D eigenvalue weighted by Gasteiger charge is 2.39. The highest BCUT2D eigenvalue weighted by molar-refractivity contribution is 6.29. The lowest BCUT2D eigenvalue weighted by atomic mass is 9.98. The molecule has 1 amide bonds. The molecule has 210 valence electrons. The molecule has 2 aromatic heterocycles. The van der Waals surface area contributed by atoms with Gasteiger partial charge in [-0.2, -0.15) is 4.99 Å². The Morgan fingerprint density at radius 1 is 1.18 bits per heavy atom. The Morgan fingerprint density at radius 3 is 2.65 bits per heavy atom. The molecule has 0 saturated carbocycles. The second kappa shape index (κ2) is 12.8. The number of carbonyl (C=O) groups is 1. The van der Waals surface area contributed by atoms with Crippen molar-refractivity contribution in [1.29, 1.82) is 0 Å². The zero-order valence-electron chi connectivity index (χ0n) is 23.4. The summed E-state index contributed by atoms with van der Waals surface area (Å²) < 4.78 is 6.18. The van der Waals surface area contributed by atoms with Crippen LogP contribution in [-0.2, 0) is 4.74 Å². The Morgan fingerprint density at radius 2 is 1.95 bits per heavy atom. The number of aryl methyl sites for hydroxylation is 2. The van der Waals surface area contributed by atoms with E-state index in [2.05, 4.69) is 56.3 Å². The predicted molar refractivity (Wildman–Crippen MR) is 158 cm³/mol. The van der Waals surface area contributed by atoms with E-state index < -0.39 is 0 Å². The number of benzene rings is 1. The van der Waals surface area contributed by atoms with Crippen molar-refractivity contribution >= 4 is 29.2 Å². The number of aliphatic imine (C=N–C) groups is 1. The molecule has 2 aliphatic rings. The molecule has 1 unspecified atom stereocenters. The molecule has 40 heavy (non-hydrogen) atoms. The predicted octanol–water partition coefficient (Wildman–Crippen LogP) is 5.48. The molecule has 8 nitrogen and oxygen atoms in total. The maximum Gasteiger partial charge on any atom is 0.293 e. The van der Waals surface area contributed by atoms with E-state index in [0.29, 0.717) is 47.7 Å². The fourth-order valence-corrected chi connectivity index (χ4v) is 6.09. The molecule has 0 bridgehead atoms. The largest absolute Gasteiger partial charge is 0.462 e.